The Bertz CT molecular complexity index is 1330. The molecule has 0 fully saturated rings. The van der Waals surface area contributed by atoms with Crippen molar-refractivity contribution < 1.29 is 9.90 Å². The first-order valence-corrected chi connectivity index (χ1v) is 8.97. The van der Waals surface area contributed by atoms with Gasteiger partial charge in [0.15, 0.2) is 0 Å². The van der Waals surface area contributed by atoms with Gasteiger partial charge in [0.25, 0.3) is 11.5 Å². The third-order valence-electron chi connectivity index (χ3n) is 4.56. The lowest BCUT2D eigenvalue weighted by Gasteiger charge is -2.14. The van der Waals surface area contributed by atoms with Crippen LogP contribution < -0.4 is 16.4 Å². The first kappa shape index (κ1) is 18.5. The molecule has 0 saturated carbocycles. The first-order chi connectivity index (χ1) is 14.1. The largest absolute Gasteiger partial charge is 0.395 e. The summed E-state index contributed by atoms with van der Waals surface area (Å²) in [6.45, 7) is 0.00977. The molecule has 0 aromatic carbocycles. The zero-order chi connectivity index (χ0) is 20.4. The molecule has 0 aliphatic heterocycles. The quantitative estimate of drug-likeness (QED) is 0.427. The van der Waals surface area contributed by atoms with E-state index in [1.54, 1.807) is 42.9 Å². The van der Waals surface area contributed by atoms with Gasteiger partial charge in [-0.05, 0) is 29.8 Å². The molecule has 9 heteroatoms. The van der Waals surface area contributed by atoms with Crippen LogP contribution in [0.3, 0.4) is 0 Å². The van der Waals surface area contributed by atoms with Crippen LogP contribution in [0.1, 0.15) is 15.9 Å². The summed E-state index contributed by atoms with van der Waals surface area (Å²) in [6.07, 6.45) is 4.87. The Morgan fingerprint density at radius 2 is 2.10 bits per heavy atom. The van der Waals surface area contributed by atoms with Crippen molar-refractivity contribution in [3.8, 4) is 0 Å². The zero-order valence-electron chi connectivity index (χ0n) is 15.4. The molecule has 29 heavy (non-hydrogen) atoms. The van der Waals surface area contributed by atoms with E-state index in [1.807, 2.05) is 6.07 Å². The van der Waals surface area contributed by atoms with E-state index in [-0.39, 0.29) is 47.3 Å². The van der Waals surface area contributed by atoms with Gasteiger partial charge in [-0.3, -0.25) is 24.4 Å². The third-order valence-corrected chi connectivity index (χ3v) is 4.56. The number of pyridine rings is 3. The van der Waals surface area contributed by atoms with Crippen LogP contribution in [-0.2, 0) is 13.1 Å². The third kappa shape index (κ3) is 3.39. The van der Waals surface area contributed by atoms with Gasteiger partial charge in [0.1, 0.15) is 16.8 Å². The fourth-order valence-corrected chi connectivity index (χ4v) is 3.16. The average molecular weight is 390 g/mol. The number of aromatic nitrogens is 4. The number of hydrogen-bond acceptors (Lipinski definition) is 6. The van der Waals surface area contributed by atoms with Crippen molar-refractivity contribution in [1.82, 2.24) is 24.3 Å². The van der Waals surface area contributed by atoms with E-state index < -0.39 is 5.91 Å². The van der Waals surface area contributed by atoms with Gasteiger partial charge < -0.3 is 15.0 Å². The lowest BCUT2D eigenvalue weighted by atomic mass is 10.2. The molecule has 0 radical (unpaired) electrons. The van der Waals surface area contributed by atoms with Gasteiger partial charge in [0.2, 0.25) is 0 Å². The number of nitrogens with one attached hydrogen (secondary N) is 2. The van der Waals surface area contributed by atoms with Crippen LogP contribution in [0.25, 0.3) is 16.7 Å². The molecule has 146 valence electrons. The van der Waals surface area contributed by atoms with Gasteiger partial charge in [-0.1, -0.05) is 12.1 Å². The smallest absolute Gasteiger partial charge is 0.267 e. The van der Waals surface area contributed by atoms with Crippen LogP contribution in [-0.4, -0.2) is 36.6 Å². The highest BCUT2D eigenvalue weighted by molar-refractivity contribution is 5.96. The predicted octanol–water partition coefficient (Wildman–Crippen LogP) is 0.446. The molecule has 0 aliphatic carbocycles. The highest BCUT2D eigenvalue weighted by atomic mass is 16.3. The minimum Gasteiger partial charge on any atom is -0.395 e. The molecule has 0 atom stereocenters. The van der Waals surface area contributed by atoms with Gasteiger partial charge in [0.05, 0.1) is 17.6 Å². The SMILES string of the molecule is N=c1c(C(=O)NCc2cccnc2)cc2c(=O)n3ccccc3nc2n1CCO. The lowest BCUT2D eigenvalue weighted by Crippen LogP contribution is -2.35. The number of aliphatic hydroxyl groups is 1. The van der Waals surface area contributed by atoms with Crippen molar-refractivity contribution >= 4 is 22.6 Å². The van der Waals surface area contributed by atoms with Gasteiger partial charge in [-0.15, -0.1) is 0 Å². The van der Waals surface area contributed by atoms with Gasteiger partial charge >= 0.3 is 0 Å². The normalized spacial score (nSPS) is 11.1. The Morgan fingerprint density at radius 3 is 2.86 bits per heavy atom. The molecule has 0 spiro atoms. The van der Waals surface area contributed by atoms with E-state index in [1.165, 1.54) is 15.0 Å². The monoisotopic (exact) mass is 390 g/mol. The summed E-state index contributed by atoms with van der Waals surface area (Å²) >= 11 is 0. The highest BCUT2D eigenvalue weighted by Crippen LogP contribution is 2.10. The minimum absolute atomic E-state index is 0.0321. The molecule has 3 N–H and O–H groups in total. The number of amides is 1. The molecule has 0 aliphatic rings. The van der Waals surface area contributed by atoms with Gasteiger partial charge in [-0.25, -0.2) is 4.98 Å². The van der Waals surface area contributed by atoms with Gasteiger partial charge in [0, 0.05) is 31.7 Å². The summed E-state index contributed by atoms with van der Waals surface area (Å²) < 4.78 is 2.76. The molecule has 0 bridgehead atoms. The van der Waals surface area contributed by atoms with Gasteiger partial charge in [-0.2, -0.15) is 0 Å². The number of nitrogens with zero attached hydrogens (tertiary/aromatic N) is 4. The molecule has 4 heterocycles. The number of carbonyl (C=O) groups excluding carboxylic acids is 1. The van der Waals surface area contributed by atoms with Crippen molar-refractivity contribution in [3.05, 3.63) is 82.0 Å². The molecule has 4 rings (SSSR count). The van der Waals surface area contributed by atoms with Crippen molar-refractivity contribution in [1.29, 1.82) is 5.41 Å². The molecule has 9 nitrogen and oxygen atoms in total. The first-order valence-electron chi connectivity index (χ1n) is 8.97. The van der Waals surface area contributed by atoms with Crippen molar-refractivity contribution in [2.45, 2.75) is 13.1 Å². The second kappa shape index (κ2) is 7.64. The standard InChI is InChI=1S/C20H18N6O3/c21-17-14(19(28)23-12-13-4-3-6-22-11-13)10-15-18(26(17)8-9-27)24-16-5-1-2-7-25(16)20(15)29/h1-7,10-11,21,27H,8-9,12H2,(H,23,28). The summed E-state index contributed by atoms with van der Waals surface area (Å²) in [4.78, 5) is 34.2. The molecular weight excluding hydrogens is 372 g/mol. The summed E-state index contributed by atoms with van der Waals surface area (Å²) in [5.74, 6) is -0.495. The highest BCUT2D eigenvalue weighted by Gasteiger charge is 2.17. The molecule has 0 saturated heterocycles. The van der Waals surface area contributed by atoms with E-state index in [9.17, 15) is 14.7 Å². The maximum atomic E-state index is 13.0. The Kier molecular flexibility index (Phi) is 4.88. The zero-order valence-corrected chi connectivity index (χ0v) is 15.4. The van der Waals surface area contributed by atoms with Crippen molar-refractivity contribution in [3.63, 3.8) is 0 Å². The Morgan fingerprint density at radius 1 is 1.24 bits per heavy atom. The van der Waals surface area contributed by atoms with E-state index in [2.05, 4.69) is 15.3 Å². The topological polar surface area (TPSA) is 125 Å². The Balaban J connectivity index is 1.86. The Hall–Kier alpha value is -3.85. The number of hydrogen-bond donors (Lipinski definition) is 3. The fraction of sp³-hybridized carbons (Fsp3) is 0.150. The van der Waals surface area contributed by atoms with Crippen LogP contribution >= 0.6 is 0 Å². The number of rotatable bonds is 5. The second-order valence-corrected chi connectivity index (χ2v) is 6.41. The lowest BCUT2D eigenvalue weighted by molar-refractivity contribution is 0.0948. The number of fused-ring (bicyclic) bond motifs is 2. The van der Waals surface area contributed by atoms with Crippen LogP contribution in [0.2, 0.25) is 0 Å². The molecule has 1 amide bonds. The average Bonchev–Trinajstić information content (AvgIpc) is 2.75. The molecule has 4 aromatic rings. The van der Waals surface area contributed by atoms with Crippen LogP contribution in [0.5, 0.6) is 0 Å². The van der Waals surface area contributed by atoms with E-state index in [4.69, 9.17) is 5.41 Å². The fourth-order valence-electron chi connectivity index (χ4n) is 3.16. The molecular formula is C20H18N6O3. The summed E-state index contributed by atoms with van der Waals surface area (Å²) in [6, 6.07) is 10.1. The Labute approximate surface area is 164 Å². The van der Waals surface area contributed by atoms with E-state index in [0.29, 0.717) is 5.65 Å². The van der Waals surface area contributed by atoms with E-state index >= 15 is 0 Å². The van der Waals surface area contributed by atoms with Crippen LogP contribution in [0.15, 0.2) is 59.8 Å². The maximum absolute atomic E-state index is 13.0. The second-order valence-electron chi connectivity index (χ2n) is 6.41. The van der Waals surface area contributed by atoms with E-state index in [0.717, 1.165) is 5.56 Å². The summed E-state index contributed by atoms with van der Waals surface area (Å²) in [5.41, 5.74) is 1.05. The number of carbonyl (C=O) groups is 1. The minimum atomic E-state index is -0.495. The van der Waals surface area contributed by atoms with Crippen LogP contribution in [0.4, 0.5) is 0 Å². The summed E-state index contributed by atoms with van der Waals surface area (Å²) in [7, 11) is 0. The van der Waals surface area contributed by atoms with Crippen molar-refractivity contribution in [2.24, 2.45) is 0 Å². The maximum Gasteiger partial charge on any atom is 0.267 e. The van der Waals surface area contributed by atoms with Crippen molar-refractivity contribution in [2.75, 3.05) is 6.61 Å². The summed E-state index contributed by atoms with van der Waals surface area (Å²) in [5, 5.41) is 20.8. The number of aliphatic hydroxyl groups excluding tert-OH is 1. The molecule has 4 aromatic heterocycles. The predicted molar refractivity (Wildman–Crippen MR) is 105 cm³/mol. The molecule has 0 unspecified atom stereocenters. The van der Waals surface area contributed by atoms with Crippen LogP contribution in [0, 0.1) is 5.41 Å².